The number of hydrogen-bond donors (Lipinski definition) is 2. The summed E-state index contributed by atoms with van der Waals surface area (Å²) in [5, 5.41) is 7.79. The normalized spacial score (nSPS) is 18.4. The Balaban J connectivity index is 1.37. The molecule has 168 valence electrons. The highest BCUT2D eigenvalue weighted by molar-refractivity contribution is 7.14. The Morgan fingerprint density at radius 3 is 2.91 bits per heavy atom. The van der Waals surface area contributed by atoms with Crippen LogP contribution in [0.2, 0.25) is 0 Å². The van der Waals surface area contributed by atoms with Crippen LogP contribution in [0.1, 0.15) is 24.2 Å². The summed E-state index contributed by atoms with van der Waals surface area (Å²) in [6.45, 7) is 5.67. The van der Waals surface area contributed by atoms with E-state index in [0.29, 0.717) is 23.3 Å². The fraction of sp³-hybridized carbons (Fsp3) is 0.348. The van der Waals surface area contributed by atoms with Gasteiger partial charge in [0.15, 0.2) is 5.13 Å². The summed E-state index contributed by atoms with van der Waals surface area (Å²) in [4.78, 5) is 31.2. The molecule has 8 nitrogen and oxygen atoms in total. The van der Waals surface area contributed by atoms with Crippen LogP contribution in [0.25, 0.3) is 11.3 Å². The third-order valence-corrected chi connectivity index (χ3v) is 6.09. The molecule has 3 heterocycles. The van der Waals surface area contributed by atoms with Crippen molar-refractivity contribution in [3.8, 4) is 11.3 Å². The molecule has 0 unspecified atom stereocenters. The van der Waals surface area contributed by atoms with Gasteiger partial charge < -0.3 is 24.8 Å². The van der Waals surface area contributed by atoms with Gasteiger partial charge in [-0.3, -0.25) is 9.59 Å². The molecule has 0 spiro atoms. The van der Waals surface area contributed by atoms with Gasteiger partial charge in [0.05, 0.1) is 30.5 Å². The first-order valence-corrected chi connectivity index (χ1v) is 11.4. The number of nitrogens with zero attached hydrogens (tertiary/aromatic N) is 3. The minimum absolute atomic E-state index is 0.120. The van der Waals surface area contributed by atoms with Gasteiger partial charge in [0.2, 0.25) is 5.91 Å². The Bertz CT molecular complexity index is 1110. The molecule has 0 radical (unpaired) electrons. The van der Waals surface area contributed by atoms with E-state index < -0.39 is 0 Å². The molecule has 1 aromatic carbocycles. The SMILES string of the molecule is C[C@@H]1CN(c2cccc(-c3csc(NC(=O)CNC(=O)c4ccn(C)c4)n3)c2)[C@@H](C)CO1. The van der Waals surface area contributed by atoms with Crippen LogP contribution in [-0.2, 0) is 16.6 Å². The molecule has 32 heavy (non-hydrogen) atoms. The van der Waals surface area contributed by atoms with Gasteiger partial charge in [-0.15, -0.1) is 11.3 Å². The van der Waals surface area contributed by atoms with Crippen LogP contribution >= 0.6 is 11.3 Å². The Morgan fingerprint density at radius 2 is 2.12 bits per heavy atom. The number of ether oxygens (including phenoxy) is 1. The van der Waals surface area contributed by atoms with E-state index in [1.807, 2.05) is 24.6 Å². The predicted octanol–water partition coefficient (Wildman–Crippen LogP) is 3.13. The number of rotatable bonds is 6. The van der Waals surface area contributed by atoms with E-state index >= 15 is 0 Å². The van der Waals surface area contributed by atoms with Gasteiger partial charge in [-0.2, -0.15) is 0 Å². The van der Waals surface area contributed by atoms with E-state index in [0.717, 1.165) is 23.5 Å². The van der Waals surface area contributed by atoms with E-state index in [4.69, 9.17) is 4.74 Å². The average molecular weight is 454 g/mol. The number of nitrogens with one attached hydrogen (secondary N) is 2. The molecular weight excluding hydrogens is 426 g/mol. The summed E-state index contributed by atoms with van der Waals surface area (Å²) in [5.74, 6) is -0.607. The van der Waals surface area contributed by atoms with Crippen molar-refractivity contribution in [1.29, 1.82) is 0 Å². The van der Waals surface area contributed by atoms with Crippen LogP contribution < -0.4 is 15.5 Å². The molecule has 2 N–H and O–H groups in total. The fourth-order valence-electron chi connectivity index (χ4n) is 3.63. The minimum Gasteiger partial charge on any atom is -0.375 e. The molecule has 1 aliphatic heterocycles. The van der Waals surface area contributed by atoms with E-state index in [1.165, 1.54) is 11.3 Å². The average Bonchev–Trinajstić information content (AvgIpc) is 3.43. The van der Waals surface area contributed by atoms with Crippen molar-refractivity contribution in [2.45, 2.75) is 26.0 Å². The van der Waals surface area contributed by atoms with Gasteiger partial charge in [-0.1, -0.05) is 12.1 Å². The summed E-state index contributed by atoms with van der Waals surface area (Å²) < 4.78 is 7.52. The van der Waals surface area contributed by atoms with Crippen LogP contribution in [0.3, 0.4) is 0 Å². The smallest absolute Gasteiger partial charge is 0.253 e. The minimum atomic E-state index is -0.319. The predicted molar refractivity (Wildman–Crippen MR) is 126 cm³/mol. The molecule has 4 rings (SSSR count). The third-order valence-electron chi connectivity index (χ3n) is 5.34. The van der Waals surface area contributed by atoms with Crippen molar-refractivity contribution in [2.24, 2.45) is 7.05 Å². The summed E-state index contributed by atoms with van der Waals surface area (Å²) in [5.41, 5.74) is 3.44. The van der Waals surface area contributed by atoms with Crippen LogP contribution in [0.5, 0.6) is 0 Å². The summed E-state index contributed by atoms with van der Waals surface area (Å²) in [7, 11) is 1.83. The Kier molecular flexibility index (Phi) is 6.57. The van der Waals surface area contributed by atoms with Crippen molar-refractivity contribution in [2.75, 3.05) is 29.9 Å². The number of carbonyl (C=O) groups excluding carboxylic acids is 2. The van der Waals surface area contributed by atoms with E-state index in [1.54, 1.807) is 23.0 Å². The standard InChI is InChI=1S/C23H27N5O3S/c1-15-13-31-16(2)11-28(15)19-6-4-5-17(9-19)20-14-32-23(25-20)26-21(29)10-24-22(30)18-7-8-27(3)12-18/h4-9,12,14-16H,10-11,13H2,1-3H3,(H,24,30)(H,25,26,29)/t15-,16+/m0/s1. The van der Waals surface area contributed by atoms with E-state index in [9.17, 15) is 9.59 Å². The number of benzene rings is 1. The number of aryl methyl sites for hydroxylation is 1. The van der Waals surface area contributed by atoms with Crippen molar-refractivity contribution in [3.63, 3.8) is 0 Å². The second-order valence-corrected chi connectivity index (χ2v) is 8.89. The van der Waals surface area contributed by atoms with Crippen LogP contribution in [0, 0.1) is 0 Å². The summed E-state index contributed by atoms with van der Waals surface area (Å²) in [6, 6.07) is 10.3. The third kappa shape index (κ3) is 5.17. The van der Waals surface area contributed by atoms with E-state index in [2.05, 4.69) is 46.5 Å². The van der Waals surface area contributed by atoms with Crippen LogP contribution in [0.4, 0.5) is 10.8 Å². The molecule has 0 saturated carbocycles. The fourth-order valence-corrected chi connectivity index (χ4v) is 4.37. The molecule has 9 heteroatoms. The maximum Gasteiger partial charge on any atom is 0.253 e. The zero-order chi connectivity index (χ0) is 22.7. The largest absolute Gasteiger partial charge is 0.375 e. The lowest BCUT2D eigenvalue weighted by atomic mass is 10.1. The first-order valence-electron chi connectivity index (χ1n) is 10.5. The quantitative estimate of drug-likeness (QED) is 0.599. The monoisotopic (exact) mass is 453 g/mol. The first kappa shape index (κ1) is 22.0. The molecule has 1 aliphatic rings. The van der Waals surface area contributed by atoms with Crippen molar-refractivity contribution in [3.05, 3.63) is 53.7 Å². The lowest BCUT2D eigenvalue weighted by Crippen LogP contribution is -2.47. The zero-order valence-corrected chi connectivity index (χ0v) is 19.2. The van der Waals surface area contributed by atoms with Gasteiger partial charge in [0.1, 0.15) is 0 Å². The molecule has 2 aromatic heterocycles. The number of amides is 2. The molecule has 0 aliphatic carbocycles. The molecule has 1 saturated heterocycles. The van der Waals surface area contributed by atoms with Gasteiger partial charge in [-0.05, 0) is 32.0 Å². The lowest BCUT2D eigenvalue weighted by molar-refractivity contribution is -0.115. The van der Waals surface area contributed by atoms with Gasteiger partial charge in [0.25, 0.3) is 5.91 Å². The van der Waals surface area contributed by atoms with Crippen LogP contribution in [-0.4, -0.2) is 53.2 Å². The number of carbonyl (C=O) groups is 2. The maximum absolute atomic E-state index is 12.2. The van der Waals surface area contributed by atoms with Crippen molar-refractivity contribution in [1.82, 2.24) is 14.9 Å². The Labute approximate surface area is 191 Å². The summed E-state index contributed by atoms with van der Waals surface area (Å²) >= 11 is 1.36. The molecule has 3 aromatic rings. The first-order chi connectivity index (χ1) is 15.4. The lowest BCUT2D eigenvalue weighted by Gasteiger charge is -2.38. The highest BCUT2D eigenvalue weighted by Crippen LogP contribution is 2.29. The molecule has 2 amide bonds. The van der Waals surface area contributed by atoms with Gasteiger partial charge in [-0.25, -0.2) is 4.98 Å². The maximum atomic E-state index is 12.2. The number of aromatic nitrogens is 2. The molecule has 1 fully saturated rings. The molecular formula is C23H27N5O3S. The Morgan fingerprint density at radius 1 is 1.28 bits per heavy atom. The molecule has 2 atom stereocenters. The summed E-state index contributed by atoms with van der Waals surface area (Å²) in [6.07, 6.45) is 3.67. The zero-order valence-electron chi connectivity index (χ0n) is 18.4. The van der Waals surface area contributed by atoms with Crippen molar-refractivity contribution >= 4 is 34.0 Å². The molecule has 0 bridgehead atoms. The Hall–Kier alpha value is -3.17. The van der Waals surface area contributed by atoms with Gasteiger partial charge >= 0.3 is 0 Å². The second-order valence-electron chi connectivity index (χ2n) is 8.03. The van der Waals surface area contributed by atoms with Crippen LogP contribution in [0.15, 0.2) is 48.1 Å². The highest BCUT2D eigenvalue weighted by Gasteiger charge is 2.24. The number of morpholine rings is 1. The number of anilines is 2. The topological polar surface area (TPSA) is 88.5 Å². The van der Waals surface area contributed by atoms with E-state index in [-0.39, 0.29) is 24.5 Å². The van der Waals surface area contributed by atoms with Crippen molar-refractivity contribution < 1.29 is 14.3 Å². The number of hydrogen-bond acceptors (Lipinski definition) is 6. The number of thiazole rings is 1. The highest BCUT2D eigenvalue weighted by atomic mass is 32.1. The second kappa shape index (κ2) is 9.54. The van der Waals surface area contributed by atoms with Gasteiger partial charge in [0, 0.05) is 48.7 Å².